The first kappa shape index (κ1) is 25.5. The Hall–Kier alpha value is -2.10. The number of hydrogen-bond acceptors (Lipinski definition) is 3. The zero-order chi connectivity index (χ0) is 22.5. The lowest BCUT2D eigenvalue weighted by molar-refractivity contribution is -0.126. The number of aliphatic imine (C=N–C) groups is 1. The van der Waals surface area contributed by atoms with Gasteiger partial charge >= 0.3 is 0 Å². The SMILES string of the molecule is CCNC(=NCc1ccccc1-n1nc(C)cc1C)NC1CCCC(C(=O)NC2CC2)C1.I. The number of rotatable bonds is 7. The van der Waals surface area contributed by atoms with E-state index in [9.17, 15) is 4.79 Å². The van der Waals surface area contributed by atoms with Crippen LogP contribution in [-0.4, -0.2) is 40.3 Å². The van der Waals surface area contributed by atoms with E-state index in [-0.39, 0.29) is 41.8 Å². The summed E-state index contributed by atoms with van der Waals surface area (Å²) in [5.41, 5.74) is 4.31. The van der Waals surface area contributed by atoms with Crippen LogP contribution in [0.25, 0.3) is 5.69 Å². The van der Waals surface area contributed by atoms with Gasteiger partial charge < -0.3 is 16.0 Å². The van der Waals surface area contributed by atoms with Gasteiger partial charge in [0, 0.05) is 30.2 Å². The maximum Gasteiger partial charge on any atom is 0.223 e. The van der Waals surface area contributed by atoms with Crippen molar-refractivity contribution in [2.24, 2.45) is 10.9 Å². The highest BCUT2D eigenvalue weighted by Crippen LogP contribution is 2.27. The van der Waals surface area contributed by atoms with Gasteiger partial charge in [0.25, 0.3) is 0 Å². The third-order valence-corrected chi connectivity index (χ3v) is 6.29. The number of para-hydroxylation sites is 1. The Labute approximate surface area is 214 Å². The van der Waals surface area contributed by atoms with Crippen molar-refractivity contribution in [1.82, 2.24) is 25.7 Å². The van der Waals surface area contributed by atoms with Crippen LogP contribution in [-0.2, 0) is 11.3 Å². The zero-order valence-electron chi connectivity index (χ0n) is 19.9. The van der Waals surface area contributed by atoms with Crippen molar-refractivity contribution in [3.63, 3.8) is 0 Å². The molecule has 2 saturated carbocycles. The molecule has 33 heavy (non-hydrogen) atoms. The highest BCUT2D eigenvalue weighted by Gasteiger charge is 2.31. The van der Waals surface area contributed by atoms with Crippen LogP contribution in [0.4, 0.5) is 0 Å². The molecule has 1 amide bonds. The van der Waals surface area contributed by atoms with Gasteiger partial charge in [-0.05, 0) is 70.6 Å². The van der Waals surface area contributed by atoms with E-state index in [0.29, 0.717) is 12.6 Å². The van der Waals surface area contributed by atoms with E-state index in [1.165, 1.54) is 0 Å². The maximum atomic E-state index is 12.5. The molecule has 2 atom stereocenters. The summed E-state index contributed by atoms with van der Waals surface area (Å²) in [5, 5.41) is 14.8. The highest BCUT2D eigenvalue weighted by atomic mass is 127. The van der Waals surface area contributed by atoms with Gasteiger partial charge in [0.15, 0.2) is 5.96 Å². The second-order valence-electron chi connectivity index (χ2n) is 9.15. The molecule has 3 N–H and O–H groups in total. The Morgan fingerprint density at radius 2 is 1.91 bits per heavy atom. The summed E-state index contributed by atoms with van der Waals surface area (Å²) in [6.45, 7) is 7.52. The molecule has 4 rings (SSSR count). The summed E-state index contributed by atoms with van der Waals surface area (Å²) >= 11 is 0. The summed E-state index contributed by atoms with van der Waals surface area (Å²) in [7, 11) is 0. The van der Waals surface area contributed by atoms with E-state index in [4.69, 9.17) is 4.99 Å². The Morgan fingerprint density at radius 3 is 2.61 bits per heavy atom. The lowest BCUT2D eigenvalue weighted by Crippen LogP contribution is -2.47. The molecule has 1 aromatic heterocycles. The molecule has 7 nitrogen and oxygen atoms in total. The van der Waals surface area contributed by atoms with Gasteiger partial charge in [-0.1, -0.05) is 24.6 Å². The van der Waals surface area contributed by atoms with Crippen LogP contribution in [0.2, 0.25) is 0 Å². The second-order valence-corrected chi connectivity index (χ2v) is 9.15. The number of halogens is 1. The van der Waals surface area contributed by atoms with Gasteiger partial charge in [-0.3, -0.25) is 4.79 Å². The molecule has 1 aromatic carbocycles. The fraction of sp³-hybridized carbons (Fsp3) is 0.560. The first-order valence-corrected chi connectivity index (χ1v) is 12.0. The molecule has 0 radical (unpaired) electrons. The van der Waals surface area contributed by atoms with Crippen LogP contribution in [0.3, 0.4) is 0 Å². The Kier molecular flexibility index (Phi) is 9.17. The average Bonchev–Trinajstić information content (AvgIpc) is 3.54. The molecule has 0 aliphatic heterocycles. The van der Waals surface area contributed by atoms with E-state index in [1.807, 2.05) is 23.7 Å². The predicted octanol–water partition coefficient (Wildman–Crippen LogP) is 4.00. The van der Waals surface area contributed by atoms with Gasteiger partial charge in [-0.15, -0.1) is 24.0 Å². The van der Waals surface area contributed by atoms with E-state index < -0.39 is 0 Å². The van der Waals surface area contributed by atoms with Crippen LogP contribution in [0.1, 0.15) is 62.4 Å². The number of nitrogens with zero attached hydrogens (tertiary/aromatic N) is 3. The van der Waals surface area contributed by atoms with Crippen molar-refractivity contribution in [3.05, 3.63) is 47.3 Å². The van der Waals surface area contributed by atoms with Crippen LogP contribution in [0, 0.1) is 19.8 Å². The number of carbonyl (C=O) groups excluding carboxylic acids is 1. The number of amides is 1. The summed E-state index contributed by atoms with van der Waals surface area (Å²) in [6, 6.07) is 11.1. The third kappa shape index (κ3) is 6.94. The number of benzene rings is 1. The summed E-state index contributed by atoms with van der Waals surface area (Å²) in [6.07, 6.45) is 6.26. The molecular formula is C25H37IN6O. The van der Waals surface area contributed by atoms with Crippen molar-refractivity contribution in [2.45, 2.75) is 77.9 Å². The van der Waals surface area contributed by atoms with E-state index >= 15 is 0 Å². The molecule has 180 valence electrons. The number of aromatic nitrogens is 2. The summed E-state index contributed by atoms with van der Waals surface area (Å²) in [4.78, 5) is 17.4. The largest absolute Gasteiger partial charge is 0.357 e. The Bertz CT molecular complexity index is 968. The topological polar surface area (TPSA) is 83.3 Å². The predicted molar refractivity (Wildman–Crippen MR) is 143 cm³/mol. The van der Waals surface area contributed by atoms with E-state index in [2.05, 4.69) is 53.1 Å². The average molecular weight is 565 g/mol. The van der Waals surface area contributed by atoms with Gasteiger partial charge in [-0.25, -0.2) is 9.67 Å². The van der Waals surface area contributed by atoms with E-state index in [0.717, 1.165) is 73.7 Å². The molecule has 2 unspecified atom stereocenters. The minimum Gasteiger partial charge on any atom is -0.357 e. The Balaban J connectivity index is 0.00000306. The smallest absolute Gasteiger partial charge is 0.223 e. The summed E-state index contributed by atoms with van der Waals surface area (Å²) in [5.74, 6) is 1.15. The highest BCUT2D eigenvalue weighted by molar-refractivity contribution is 14.0. The van der Waals surface area contributed by atoms with Crippen LogP contribution in [0.5, 0.6) is 0 Å². The fourth-order valence-electron chi connectivity index (χ4n) is 4.51. The summed E-state index contributed by atoms with van der Waals surface area (Å²) < 4.78 is 1.99. The van der Waals surface area contributed by atoms with Crippen molar-refractivity contribution >= 4 is 35.8 Å². The molecule has 2 aliphatic rings. The lowest BCUT2D eigenvalue weighted by Gasteiger charge is -2.30. The molecule has 0 spiro atoms. The molecule has 0 saturated heterocycles. The van der Waals surface area contributed by atoms with Gasteiger partial charge in [0.05, 0.1) is 17.9 Å². The van der Waals surface area contributed by atoms with E-state index in [1.54, 1.807) is 0 Å². The quantitative estimate of drug-likeness (QED) is 0.270. The number of hydrogen-bond donors (Lipinski definition) is 3. The number of guanidine groups is 1. The molecule has 2 aliphatic carbocycles. The normalized spacial score (nSPS) is 20.6. The first-order valence-electron chi connectivity index (χ1n) is 12.0. The fourth-order valence-corrected chi connectivity index (χ4v) is 4.51. The molecule has 0 bridgehead atoms. The van der Waals surface area contributed by atoms with Crippen LogP contribution < -0.4 is 16.0 Å². The van der Waals surface area contributed by atoms with Crippen LogP contribution in [0.15, 0.2) is 35.3 Å². The van der Waals surface area contributed by atoms with Gasteiger partial charge in [0.1, 0.15) is 0 Å². The third-order valence-electron chi connectivity index (χ3n) is 6.29. The molecule has 2 fully saturated rings. The molecule has 8 heteroatoms. The molecule has 2 aromatic rings. The van der Waals surface area contributed by atoms with Crippen molar-refractivity contribution in [1.29, 1.82) is 0 Å². The number of carbonyl (C=O) groups is 1. The number of nitrogens with one attached hydrogen (secondary N) is 3. The molecular weight excluding hydrogens is 527 g/mol. The standard InChI is InChI=1S/C25H36N6O.HI/c1-4-26-25(29-22-10-7-9-19(15-22)24(32)28-21-12-13-21)27-16-20-8-5-6-11-23(20)31-18(3)14-17(2)30-31;/h5-6,8,11,14,19,21-22H,4,7,9-10,12-13,15-16H2,1-3H3,(H,28,32)(H2,26,27,29);1H. The van der Waals surface area contributed by atoms with Crippen molar-refractivity contribution < 1.29 is 4.79 Å². The maximum absolute atomic E-state index is 12.5. The lowest BCUT2D eigenvalue weighted by atomic mass is 9.85. The minimum absolute atomic E-state index is 0. The minimum atomic E-state index is 0. The van der Waals surface area contributed by atoms with Gasteiger partial charge in [-0.2, -0.15) is 5.10 Å². The van der Waals surface area contributed by atoms with Crippen molar-refractivity contribution in [3.8, 4) is 5.69 Å². The first-order chi connectivity index (χ1) is 15.5. The van der Waals surface area contributed by atoms with Crippen LogP contribution >= 0.6 is 24.0 Å². The number of aryl methyl sites for hydroxylation is 2. The Morgan fingerprint density at radius 1 is 1.12 bits per heavy atom. The second kappa shape index (κ2) is 11.9. The van der Waals surface area contributed by atoms with Gasteiger partial charge in [0.2, 0.25) is 5.91 Å². The van der Waals surface area contributed by atoms with Crippen molar-refractivity contribution in [2.75, 3.05) is 6.54 Å². The monoisotopic (exact) mass is 564 g/mol. The molecule has 1 heterocycles. The zero-order valence-corrected chi connectivity index (χ0v) is 22.3.